The molecular formula is C12H18N2O2. The van der Waals surface area contributed by atoms with Gasteiger partial charge < -0.3 is 15.4 Å². The molecule has 4 heteroatoms. The lowest BCUT2D eigenvalue weighted by Gasteiger charge is -2.12. The second-order valence-corrected chi connectivity index (χ2v) is 3.94. The maximum atomic E-state index is 11.3. The molecule has 0 aromatic heterocycles. The fourth-order valence-electron chi connectivity index (χ4n) is 1.16. The first-order valence-electron chi connectivity index (χ1n) is 5.19. The van der Waals surface area contributed by atoms with E-state index in [9.17, 15) is 4.79 Å². The number of carbonyl (C=O) groups is 1. The van der Waals surface area contributed by atoms with Gasteiger partial charge in [0, 0.05) is 20.1 Å². The molecule has 0 heterocycles. The Balaban J connectivity index is 2.61. The SMILES string of the molecule is C[C@H](N)c1cccc(OCC(=O)N(C)C)c1. The number of amides is 1. The van der Waals surface area contributed by atoms with Gasteiger partial charge in [-0.3, -0.25) is 4.79 Å². The zero-order chi connectivity index (χ0) is 12.1. The van der Waals surface area contributed by atoms with Crippen molar-refractivity contribution in [1.82, 2.24) is 4.90 Å². The standard InChI is InChI=1S/C12H18N2O2/c1-9(13)10-5-4-6-11(7-10)16-8-12(15)14(2)3/h4-7,9H,8,13H2,1-3H3/t9-/m0/s1. The molecule has 0 saturated heterocycles. The molecule has 0 spiro atoms. The summed E-state index contributed by atoms with van der Waals surface area (Å²) < 4.78 is 5.37. The van der Waals surface area contributed by atoms with Crippen molar-refractivity contribution in [2.75, 3.05) is 20.7 Å². The number of likely N-dealkylation sites (N-methyl/N-ethyl adjacent to an activating group) is 1. The molecule has 0 unspecified atom stereocenters. The molecule has 0 aliphatic carbocycles. The molecule has 1 aromatic rings. The summed E-state index contributed by atoms with van der Waals surface area (Å²) in [6, 6.07) is 7.44. The smallest absolute Gasteiger partial charge is 0.259 e. The number of ether oxygens (including phenoxy) is 1. The van der Waals surface area contributed by atoms with Gasteiger partial charge in [0.1, 0.15) is 5.75 Å². The van der Waals surface area contributed by atoms with Gasteiger partial charge in [-0.1, -0.05) is 12.1 Å². The zero-order valence-electron chi connectivity index (χ0n) is 9.93. The highest BCUT2D eigenvalue weighted by atomic mass is 16.5. The number of nitrogens with two attached hydrogens (primary N) is 1. The number of hydrogen-bond donors (Lipinski definition) is 1. The van der Waals surface area contributed by atoms with E-state index in [4.69, 9.17) is 10.5 Å². The van der Waals surface area contributed by atoms with Crippen molar-refractivity contribution in [2.45, 2.75) is 13.0 Å². The first kappa shape index (κ1) is 12.5. The van der Waals surface area contributed by atoms with Crippen LogP contribution in [0.5, 0.6) is 5.75 Å². The molecule has 0 saturated carbocycles. The summed E-state index contributed by atoms with van der Waals surface area (Å²) in [6.45, 7) is 1.96. The number of benzene rings is 1. The number of nitrogens with zero attached hydrogens (tertiary/aromatic N) is 1. The molecule has 1 rings (SSSR count). The number of hydrogen-bond acceptors (Lipinski definition) is 3. The Labute approximate surface area is 96.0 Å². The van der Waals surface area contributed by atoms with Gasteiger partial charge in [0.2, 0.25) is 0 Å². The molecular weight excluding hydrogens is 204 g/mol. The molecule has 16 heavy (non-hydrogen) atoms. The predicted molar refractivity (Wildman–Crippen MR) is 63.2 cm³/mol. The lowest BCUT2D eigenvalue weighted by molar-refractivity contribution is -0.130. The summed E-state index contributed by atoms with van der Waals surface area (Å²) in [7, 11) is 3.40. The van der Waals surface area contributed by atoms with Crippen LogP contribution in [-0.2, 0) is 4.79 Å². The summed E-state index contributed by atoms with van der Waals surface area (Å²) in [6.07, 6.45) is 0. The average Bonchev–Trinajstić information content (AvgIpc) is 2.26. The Morgan fingerprint density at radius 3 is 2.75 bits per heavy atom. The van der Waals surface area contributed by atoms with Crippen molar-refractivity contribution in [3.05, 3.63) is 29.8 Å². The van der Waals surface area contributed by atoms with E-state index >= 15 is 0 Å². The topological polar surface area (TPSA) is 55.6 Å². The van der Waals surface area contributed by atoms with Gasteiger partial charge in [-0.2, -0.15) is 0 Å². The van der Waals surface area contributed by atoms with E-state index in [0.29, 0.717) is 5.75 Å². The highest BCUT2D eigenvalue weighted by Gasteiger charge is 2.06. The summed E-state index contributed by atoms with van der Waals surface area (Å²) in [5.74, 6) is 0.608. The van der Waals surface area contributed by atoms with Crippen LogP contribution in [-0.4, -0.2) is 31.5 Å². The Bertz CT molecular complexity index is 362. The van der Waals surface area contributed by atoms with Gasteiger partial charge >= 0.3 is 0 Å². The molecule has 1 amide bonds. The van der Waals surface area contributed by atoms with Crippen LogP contribution in [0.4, 0.5) is 0 Å². The summed E-state index contributed by atoms with van der Waals surface area (Å²) in [5, 5.41) is 0. The van der Waals surface area contributed by atoms with Crippen LogP contribution in [0.3, 0.4) is 0 Å². The molecule has 0 bridgehead atoms. The second kappa shape index (κ2) is 5.51. The Morgan fingerprint density at radius 1 is 1.50 bits per heavy atom. The van der Waals surface area contributed by atoms with Crippen molar-refractivity contribution in [3.63, 3.8) is 0 Å². The third-order valence-electron chi connectivity index (χ3n) is 2.24. The molecule has 0 fully saturated rings. The van der Waals surface area contributed by atoms with Gasteiger partial charge in [-0.15, -0.1) is 0 Å². The van der Waals surface area contributed by atoms with Gasteiger partial charge in [-0.25, -0.2) is 0 Å². The fourth-order valence-corrected chi connectivity index (χ4v) is 1.16. The van der Waals surface area contributed by atoms with E-state index in [1.807, 2.05) is 31.2 Å². The Morgan fingerprint density at radius 2 is 2.19 bits per heavy atom. The molecule has 0 radical (unpaired) electrons. The maximum absolute atomic E-state index is 11.3. The van der Waals surface area contributed by atoms with E-state index in [1.165, 1.54) is 4.90 Å². The number of carbonyl (C=O) groups excluding carboxylic acids is 1. The minimum absolute atomic E-state index is 0.0342. The van der Waals surface area contributed by atoms with Gasteiger partial charge in [0.05, 0.1) is 0 Å². The average molecular weight is 222 g/mol. The van der Waals surface area contributed by atoms with Crippen molar-refractivity contribution in [2.24, 2.45) is 5.73 Å². The Kier molecular flexibility index (Phi) is 4.31. The Hall–Kier alpha value is -1.55. The normalized spacial score (nSPS) is 12.0. The van der Waals surface area contributed by atoms with Crippen molar-refractivity contribution in [1.29, 1.82) is 0 Å². The minimum atomic E-state index is -0.0637. The van der Waals surface area contributed by atoms with Crippen molar-refractivity contribution in [3.8, 4) is 5.75 Å². The van der Waals surface area contributed by atoms with Crippen LogP contribution in [0.15, 0.2) is 24.3 Å². The van der Waals surface area contributed by atoms with Crippen molar-refractivity contribution < 1.29 is 9.53 Å². The number of rotatable bonds is 4. The van der Waals surface area contributed by atoms with Gasteiger partial charge in [0.25, 0.3) is 5.91 Å². The van der Waals surface area contributed by atoms with Crippen molar-refractivity contribution >= 4 is 5.91 Å². The van der Waals surface area contributed by atoms with Gasteiger partial charge in [-0.05, 0) is 24.6 Å². The van der Waals surface area contributed by atoms with Crippen LogP contribution < -0.4 is 10.5 Å². The molecule has 1 aromatic carbocycles. The molecule has 2 N–H and O–H groups in total. The largest absolute Gasteiger partial charge is 0.484 e. The quantitative estimate of drug-likeness (QED) is 0.832. The first-order chi connectivity index (χ1) is 7.50. The fraction of sp³-hybridized carbons (Fsp3) is 0.417. The third-order valence-corrected chi connectivity index (χ3v) is 2.24. The lowest BCUT2D eigenvalue weighted by Crippen LogP contribution is -2.27. The minimum Gasteiger partial charge on any atom is -0.484 e. The molecule has 0 aliphatic rings. The van der Waals surface area contributed by atoms with E-state index < -0.39 is 0 Å². The molecule has 0 aliphatic heterocycles. The highest BCUT2D eigenvalue weighted by Crippen LogP contribution is 2.17. The molecule has 4 nitrogen and oxygen atoms in total. The van der Waals surface area contributed by atoms with Crippen LogP contribution in [0, 0.1) is 0 Å². The predicted octanol–water partition coefficient (Wildman–Crippen LogP) is 1.17. The summed E-state index contributed by atoms with van der Waals surface area (Å²) in [5.41, 5.74) is 6.75. The lowest BCUT2D eigenvalue weighted by atomic mass is 10.1. The van der Waals surface area contributed by atoms with Gasteiger partial charge in [0.15, 0.2) is 6.61 Å². The third kappa shape index (κ3) is 3.55. The van der Waals surface area contributed by atoms with Crippen LogP contribution >= 0.6 is 0 Å². The first-order valence-corrected chi connectivity index (χ1v) is 5.19. The van der Waals surface area contributed by atoms with E-state index in [1.54, 1.807) is 14.1 Å². The monoisotopic (exact) mass is 222 g/mol. The van der Waals surface area contributed by atoms with Crippen LogP contribution in [0.25, 0.3) is 0 Å². The highest BCUT2D eigenvalue weighted by molar-refractivity contribution is 5.77. The molecule has 88 valence electrons. The van der Waals surface area contributed by atoms with Crippen LogP contribution in [0.2, 0.25) is 0 Å². The van der Waals surface area contributed by atoms with E-state index in [2.05, 4.69) is 0 Å². The van der Waals surface area contributed by atoms with Crippen LogP contribution in [0.1, 0.15) is 18.5 Å². The summed E-state index contributed by atoms with van der Waals surface area (Å²) in [4.78, 5) is 12.8. The van der Waals surface area contributed by atoms with E-state index in [0.717, 1.165) is 5.56 Å². The summed E-state index contributed by atoms with van der Waals surface area (Å²) >= 11 is 0. The molecule has 1 atom stereocenters. The zero-order valence-corrected chi connectivity index (χ0v) is 9.93. The van der Waals surface area contributed by atoms with E-state index in [-0.39, 0.29) is 18.6 Å². The second-order valence-electron chi connectivity index (χ2n) is 3.94. The maximum Gasteiger partial charge on any atom is 0.259 e.